The predicted molar refractivity (Wildman–Crippen MR) is 75.9 cm³/mol. The van der Waals surface area contributed by atoms with E-state index in [9.17, 15) is 0 Å². The Kier molecular flexibility index (Phi) is 3.71. The van der Waals surface area contributed by atoms with Crippen LogP contribution < -0.4 is 5.73 Å². The smallest absolute Gasteiger partial charge is 0.228 e. The number of benzene rings is 1. The minimum atomic E-state index is 0.103. The third-order valence-corrected chi connectivity index (χ3v) is 3.17. The summed E-state index contributed by atoms with van der Waals surface area (Å²) >= 11 is 0. The topological polar surface area (TPSA) is 64.9 Å². The van der Waals surface area contributed by atoms with E-state index in [-0.39, 0.29) is 5.41 Å². The SMILES string of the molecule is Cc1ccc(C(C)(C)C)cc1-c1noc(CCN)n1. The first-order chi connectivity index (χ1) is 8.91. The Morgan fingerprint density at radius 2 is 2.00 bits per heavy atom. The Morgan fingerprint density at radius 3 is 2.63 bits per heavy atom. The molecule has 0 radical (unpaired) electrons. The van der Waals surface area contributed by atoms with Gasteiger partial charge in [-0.2, -0.15) is 4.98 Å². The zero-order chi connectivity index (χ0) is 14.0. The van der Waals surface area contributed by atoms with Crippen LogP contribution in [0.25, 0.3) is 11.4 Å². The molecule has 19 heavy (non-hydrogen) atoms. The zero-order valence-electron chi connectivity index (χ0n) is 12.0. The molecular formula is C15H21N3O. The summed E-state index contributed by atoms with van der Waals surface area (Å²) in [7, 11) is 0. The molecule has 0 fully saturated rings. The molecule has 2 N–H and O–H groups in total. The molecule has 0 spiro atoms. The second-order valence-electron chi connectivity index (χ2n) is 5.83. The first-order valence-corrected chi connectivity index (χ1v) is 6.56. The molecule has 0 aliphatic carbocycles. The summed E-state index contributed by atoms with van der Waals surface area (Å²) in [6.07, 6.45) is 0.616. The minimum absolute atomic E-state index is 0.103. The van der Waals surface area contributed by atoms with Crippen molar-refractivity contribution in [2.75, 3.05) is 6.54 Å². The summed E-state index contributed by atoms with van der Waals surface area (Å²) in [4.78, 5) is 4.40. The van der Waals surface area contributed by atoms with E-state index in [4.69, 9.17) is 10.3 Å². The molecule has 2 aromatic rings. The summed E-state index contributed by atoms with van der Waals surface area (Å²) in [6, 6.07) is 6.40. The van der Waals surface area contributed by atoms with E-state index in [1.54, 1.807) is 0 Å². The van der Waals surface area contributed by atoms with Crippen molar-refractivity contribution in [3.63, 3.8) is 0 Å². The van der Waals surface area contributed by atoms with Crippen molar-refractivity contribution in [3.8, 4) is 11.4 Å². The summed E-state index contributed by atoms with van der Waals surface area (Å²) < 4.78 is 5.20. The highest BCUT2D eigenvalue weighted by molar-refractivity contribution is 5.61. The zero-order valence-corrected chi connectivity index (χ0v) is 12.0. The molecule has 0 unspecified atom stereocenters. The van der Waals surface area contributed by atoms with Crippen LogP contribution in [0.2, 0.25) is 0 Å². The molecule has 1 aromatic heterocycles. The van der Waals surface area contributed by atoms with Gasteiger partial charge in [0.25, 0.3) is 0 Å². The van der Waals surface area contributed by atoms with Gasteiger partial charge in [0, 0.05) is 18.5 Å². The molecule has 0 aliphatic rings. The van der Waals surface area contributed by atoms with Crippen LogP contribution in [0.3, 0.4) is 0 Å². The lowest BCUT2D eigenvalue weighted by molar-refractivity contribution is 0.380. The molecule has 0 bridgehead atoms. The van der Waals surface area contributed by atoms with E-state index in [1.165, 1.54) is 5.56 Å². The van der Waals surface area contributed by atoms with E-state index in [0.29, 0.717) is 24.7 Å². The Labute approximate surface area is 114 Å². The van der Waals surface area contributed by atoms with Crippen LogP contribution in [-0.4, -0.2) is 16.7 Å². The highest BCUT2D eigenvalue weighted by Gasteiger charge is 2.17. The molecule has 2 rings (SSSR count). The second kappa shape index (κ2) is 5.13. The molecule has 1 aromatic carbocycles. The normalized spacial score (nSPS) is 11.8. The van der Waals surface area contributed by atoms with Gasteiger partial charge in [-0.25, -0.2) is 0 Å². The molecule has 0 atom stereocenters. The number of aromatic nitrogens is 2. The van der Waals surface area contributed by atoms with Gasteiger partial charge in [0.15, 0.2) is 0 Å². The van der Waals surface area contributed by atoms with Crippen LogP contribution in [0.4, 0.5) is 0 Å². The first kappa shape index (κ1) is 13.7. The fourth-order valence-corrected chi connectivity index (χ4v) is 1.92. The summed E-state index contributed by atoms with van der Waals surface area (Å²) in [5, 5.41) is 4.05. The van der Waals surface area contributed by atoms with Crippen molar-refractivity contribution in [2.24, 2.45) is 5.73 Å². The maximum atomic E-state index is 5.49. The number of nitrogens with zero attached hydrogens (tertiary/aromatic N) is 2. The average molecular weight is 259 g/mol. The van der Waals surface area contributed by atoms with Crippen molar-refractivity contribution in [2.45, 2.75) is 39.5 Å². The fraction of sp³-hybridized carbons (Fsp3) is 0.467. The van der Waals surface area contributed by atoms with Gasteiger partial charge in [-0.1, -0.05) is 38.1 Å². The third kappa shape index (κ3) is 3.01. The number of rotatable bonds is 3. The summed E-state index contributed by atoms with van der Waals surface area (Å²) in [5.74, 6) is 1.24. The van der Waals surface area contributed by atoms with Crippen molar-refractivity contribution < 1.29 is 4.52 Å². The van der Waals surface area contributed by atoms with Crippen LogP contribution >= 0.6 is 0 Å². The molecule has 0 saturated carbocycles. The molecule has 0 aliphatic heterocycles. The van der Waals surface area contributed by atoms with E-state index in [0.717, 1.165) is 11.1 Å². The Balaban J connectivity index is 2.42. The summed E-state index contributed by atoms with van der Waals surface area (Å²) in [6.45, 7) is 9.15. The van der Waals surface area contributed by atoms with Crippen molar-refractivity contribution >= 4 is 0 Å². The van der Waals surface area contributed by atoms with Gasteiger partial charge < -0.3 is 10.3 Å². The van der Waals surface area contributed by atoms with Crippen molar-refractivity contribution in [1.29, 1.82) is 0 Å². The van der Waals surface area contributed by atoms with Gasteiger partial charge in [0.05, 0.1) is 0 Å². The van der Waals surface area contributed by atoms with Gasteiger partial charge in [-0.3, -0.25) is 0 Å². The van der Waals surface area contributed by atoms with Gasteiger partial charge in [-0.05, 0) is 29.5 Å². The Morgan fingerprint density at radius 1 is 1.26 bits per heavy atom. The molecule has 1 heterocycles. The number of hydrogen-bond acceptors (Lipinski definition) is 4. The molecule has 0 amide bonds. The highest BCUT2D eigenvalue weighted by Crippen LogP contribution is 2.28. The van der Waals surface area contributed by atoms with Crippen LogP contribution in [0.5, 0.6) is 0 Å². The minimum Gasteiger partial charge on any atom is -0.339 e. The molecule has 4 heteroatoms. The largest absolute Gasteiger partial charge is 0.339 e. The van der Waals surface area contributed by atoms with E-state index in [2.05, 4.69) is 56.0 Å². The number of aryl methyl sites for hydroxylation is 1. The van der Waals surface area contributed by atoms with Gasteiger partial charge in [-0.15, -0.1) is 0 Å². The molecule has 4 nitrogen and oxygen atoms in total. The van der Waals surface area contributed by atoms with Crippen LogP contribution in [0.15, 0.2) is 22.7 Å². The summed E-state index contributed by atoms with van der Waals surface area (Å²) in [5.41, 5.74) is 9.03. The van der Waals surface area contributed by atoms with Gasteiger partial charge in [0.1, 0.15) is 0 Å². The second-order valence-corrected chi connectivity index (χ2v) is 5.83. The average Bonchev–Trinajstić information content (AvgIpc) is 2.77. The number of nitrogens with two attached hydrogens (primary N) is 1. The van der Waals surface area contributed by atoms with Crippen molar-refractivity contribution in [3.05, 3.63) is 35.2 Å². The predicted octanol–water partition coefficient (Wildman–Crippen LogP) is 2.84. The van der Waals surface area contributed by atoms with Crippen molar-refractivity contribution in [1.82, 2.24) is 10.1 Å². The quantitative estimate of drug-likeness (QED) is 0.920. The molecule has 102 valence electrons. The van der Waals surface area contributed by atoms with E-state index < -0.39 is 0 Å². The molecular weight excluding hydrogens is 238 g/mol. The van der Waals surface area contributed by atoms with Crippen LogP contribution in [0, 0.1) is 6.92 Å². The Bertz CT molecular complexity index is 567. The maximum Gasteiger partial charge on any atom is 0.228 e. The lowest BCUT2D eigenvalue weighted by atomic mass is 9.85. The molecule has 0 saturated heterocycles. The lowest BCUT2D eigenvalue weighted by Gasteiger charge is -2.20. The monoisotopic (exact) mass is 259 g/mol. The van der Waals surface area contributed by atoms with E-state index in [1.807, 2.05) is 0 Å². The third-order valence-electron chi connectivity index (χ3n) is 3.17. The first-order valence-electron chi connectivity index (χ1n) is 6.56. The van der Waals surface area contributed by atoms with E-state index >= 15 is 0 Å². The standard InChI is InChI=1S/C15H21N3O/c1-10-5-6-11(15(2,3)4)9-12(10)14-17-13(7-8-16)19-18-14/h5-6,9H,7-8,16H2,1-4H3. The van der Waals surface area contributed by atoms with Gasteiger partial charge in [0.2, 0.25) is 11.7 Å². The van der Waals surface area contributed by atoms with Gasteiger partial charge >= 0.3 is 0 Å². The van der Waals surface area contributed by atoms with Crippen LogP contribution in [-0.2, 0) is 11.8 Å². The highest BCUT2D eigenvalue weighted by atomic mass is 16.5. The van der Waals surface area contributed by atoms with Crippen LogP contribution in [0.1, 0.15) is 37.8 Å². The fourth-order valence-electron chi connectivity index (χ4n) is 1.92. The Hall–Kier alpha value is -1.68. The lowest BCUT2D eigenvalue weighted by Crippen LogP contribution is -2.11. The maximum absolute atomic E-state index is 5.49. The number of hydrogen-bond donors (Lipinski definition) is 1.